The molecule has 3 aliphatic rings. The minimum Gasteiger partial charge on any atom is -0.467 e. The largest absolute Gasteiger partial charge is 0.467 e. The minimum atomic E-state index is -0.950. The number of hydrogen-bond acceptors (Lipinski definition) is 6. The average Bonchev–Trinajstić information content (AvgIpc) is 3.36. The lowest BCUT2D eigenvalue weighted by Gasteiger charge is -2.35. The van der Waals surface area contributed by atoms with E-state index in [0.717, 1.165) is 48.8 Å². The summed E-state index contributed by atoms with van der Waals surface area (Å²) in [6.45, 7) is 5.97. The highest BCUT2D eigenvalue weighted by Crippen LogP contribution is 2.41. The number of nitrogens with one attached hydrogen (secondary N) is 1. The zero-order chi connectivity index (χ0) is 29.8. The summed E-state index contributed by atoms with van der Waals surface area (Å²) in [4.78, 5) is 41.3. The third-order valence-electron chi connectivity index (χ3n) is 8.21. The molecule has 2 amide bonds. The van der Waals surface area contributed by atoms with E-state index in [1.54, 1.807) is 7.11 Å². The number of carbonyl (C=O) groups is 3. The first-order valence-corrected chi connectivity index (χ1v) is 14.6. The van der Waals surface area contributed by atoms with E-state index in [4.69, 9.17) is 25.8 Å². The van der Waals surface area contributed by atoms with Crippen molar-refractivity contribution in [2.24, 2.45) is 5.41 Å². The van der Waals surface area contributed by atoms with Gasteiger partial charge in [0.1, 0.15) is 17.7 Å². The SMILES string of the molecule is COC(=O)[C@@H]1C[C@]2(OC)CN1C(=O)[C@H](C(C)(C)C)NC(=O)OCCCCCCc1ccc(Cl)cc1-c1ccc2cc1. The Labute approximate surface area is 247 Å². The smallest absolute Gasteiger partial charge is 0.407 e. The quantitative estimate of drug-likeness (QED) is 0.443. The number of esters is 1. The van der Waals surface area contributed by atoms with Crippen molar-refractivity contribution in [3.8, 4) is 11.1 Å². The lowest BCUT2D eigenvalue weighted by Crippen LogP contribution is -2.57. The number of alkyl carbamates (subject to hydrolysis) is 1. The molecule has 0 saturated carbocycles. The van der Waals surface area contributed by atoms with E-state index >= 15 is 0 Å². The van der Waals surface area contributed by atoms with Gasteiger partial charge in [0.15, 0.2) is 0 Å². The van der Waals surface area contributed by atoms with Gasteiger partial charge in [-0.25, -0.2) is 9.59 Å². The highest BCUT2D eigenvalue weighted by atomic mass is 35.5. The normalized spacial score (nSPS) is 24.3. The summed E-state index contributed by atoms with van der Waals surface area (Å²) in [5.74, 6) is -0.926. The number of nitrogens with zero attached hydrogens (tertiary/aromatic N) is 1. The fourth-order valence-corrected chi connectivity index (χ4v) is 6.00. The van der Waals surface area contributed by atoms with Crippen molar-refractivity contribution in [1.82, 2.24) is 10.2 Å². The van der Waals surface area contributed by atoms with Crippen LogP contribution in [0.15, 0.2) is 42.5 Å². The monoisotopic (exact) mass is 584 g/mol. The molecule has 0 aromatic heterocycles. The van der Waals surface area contributed by atoms with Gasteiger partial charge in [-0.05, 0) is 59.1 Å². The fourth-order valence-electron chi connectivity index (χ4n) is 5.82. The summed E-state index contributed by atoms with van der Waals surface area (Å²) in [5, 5.41) is 3.45. The first kappa shape index (κ1) is 30.8. The van der Waals surface area contributed by atoms with Gasteiger partial charge in [-0.1, -0.05) is 75.5 Å². The number of amides is 2. The number of benzene rings is 2. The Hall–Kier alpha value is -3.10. The van der Waals surface area contributed by atoms with E-state index in [-0.39, 0.29) is 19.6 Å². The van der Waals surface area contributed by atoms with Gasteiger partial charge in [-0.15, -0.1) is 0 Å². The Balaban J connectivity index is 1.77. The van der Waals surface area contributed by atoms with Crippen LogP contribution in [-0.2, 0) is 35.8 Å². The molecule has 2 aromatic carbocycles. The van der Waals surface area contributed by atoms with Gasteiger partial charge in [0.2, 0.25) is 5.91 Å². The van der Waals surface area contributed by atoms with Gasteiger partial charge < -0.3 is 24.4 Å². The predicted octanol–water partition coefficient (Wildman–Crippen LogP) is 5.88. The van der Waals surface area contributed by atoms with Gasteiger partial charge in [0.25, 0.3) is 0 Å². The maximum atomic E-state index is 14.1. The molecule has 0 spiro atoms. The molecule has 0 aliphatic carbocycles. The van der Waals surface area contributed by atoms with Crippen LogP contribution in [0, 0.1) is 5.41 Å². The van der Waals surface area contributed by atoms with Crippen LogP contribution < -0.4 is 5.32 Å². The lowest BCUT2D eigenvalue weighted by molar-refractivity contribution is -0.152. The molecule has 4 bridgehead atoms. The Morgan fingerprint density at radius 3 is 2.41 bits per heavy atom. The molecular weight excluding hydrogens is 544 g/mol. The number of hydrogen-bond donors (Lipinski definition) is 1. The molecule has 0 unspecified atom stereocenters. The molecule has 5 rings (SSSR count). The number of rotatable bonds is 2. The minimum absolute atomic E-state index is 0.118. The van der Waals surface area contributed by atoms with Gasteiger partial charge >= 0.3 is 12.1 Å². The molecule has 9 heteroatoms. The first-order valence-electron chi connectivity index (χ1n) is 14.2. The molecule has 2 aromatic rings. The molecule has 1 N–H and O–H groups in total. The first-order chi connectivity index (χ1) is 19.5. The van der Waals surface area contributed by atoms with Crippen molar-refractivity contribution in [2.45, 2.75) is 77.0 Å². The second-order valence-electron chi connectivity index (χ2n) is 12.0. The maximum Gasteiger partial charge on any atom is 0.407 e. The highest BCUT2D eigenvalue weighted by molar-refractivity contribution is 6.30. The van der Waals surface area contributed by atoms with E-state index in [0.29, 0.717) is 5.02 Å². The van der Waals surface area contributed by atoms with Crippen LogP contribution in [0.2, 0.25) is 5.02 Å². The van der Waals surface area contributed by atoms with Crippen molar-refractivity contribution in [3.05, 3.63) is 58.6 Å². The number of aryl methyl sites for hydroxylation is 1. The van der Waals surface area contributed by atoms with Gasteiger partial charge in [-0.2, -0.15) is 0 Å². The molecule has 1 fully saturated rings. The summed E-state index contributed by atoms with van der Waals surface area (Å²) in [6.07, 6.45) is 4.10. The Kier molecular flexibility index (Phi) is 9.65. The Morgan fingerprint density at radius 1 is 1.05 bits per heavy atom. The summed E-state index contributed by atoms with van der Waals surface area (Å²) in [6, 6.07) is 12.2. The number of carbonyl (C=O) groups excluding carboxylic acids is 3. The van der Waals surface area contributed by atoms with E-state index < -0.39 is 41.1 Å². The van der Waals surface area contributed by atoms with Crippen LogP contribution in [-0.4, -0.2) is 62.3 Å². The average molecular weight is 585 g/mol. The molecule has 3 aliphatic heterocycles. The molecule has 41 heavy (non-hydrogen) atoms. The summed E-state index contributed by atoms with van der Waals surface area (Å²) in [7, 11) is 2.89. The number of methoxy groups -OCH3 is 2. The third-order valence-corrected chi connectivity index (χ3v) is 8.45. The molecule has 0 radical (unpaired) electrons. The number of fused-ring (bicyclic) bond motifs is 12. The second-order valence-corrected chi connectivity index (χ2v) is 12.5. The van der Waals surface area contributed by atoms with Crippen LogP contribution in [0.25, 0.3) is 11.1 Å². The number of halogens is 1. The zero-order valence-electron chi connectivity index (χ0n) is 24.6. The summed E-state index contributed by atoms with van der Waals surface area (Å²) < 4.78 is 16.6. The van der Waals surface area contributed by atoms with Crippen LogP contribution >= 0.6 is 11.6 Å². The van der Waals surface area contributed by atoms with Gasteiger partial charge in [0, 0.05) is 18.6 Å². The third kappa shape index (κ3) is 6.87. The van der Waals surface area contributed by atoms with Gasteiger partial charge in [-0.3, -0.25) is 4.79 Å². The Bertz CT molecular complexity index is 1260. The van der Waals surface area contributed by atoms with E-state index in [9.17, 15) is 14.4 Å². The van der Waals surface area contributed by atoms with Gasteiger partial charge in [0.05, 0.1) is 20.3 Å². The molecule has 222 valence electrons. The van der Waals surface area contributed by atoms with Crippen LogP contribution in [0.3, 0.4) is 0 Å². The number of ether oxygens (including phenoxy) is 3. The second kappa shape index (κ2) is 12.8. The molecule has 3 heterocycles. The van der Waals surface area contributed by atoms with Crippen molar-refractivity contribution in [3.63, 3.8) is 0 Å². The van der Waals surface area contributed by atoms with E-state index in [2.05, 4.69) is 11.4 Å². The fraction of sp³-hybridized carbons (Fsp3) is 0.531. The molecule has 1 saturated heterocycles. The predicted molar refractivity (Wildman–Crippen MR) is 158 cm³/mol. The van der Waals surface area contributed by atoms with Crippen molar-refractivity contribution in [1.29, 1.82) is 0 Å². The van der Waals surface area contributed by atoms with Crippen molar-refractivity contribution >= 4 is 29.6 Å². The van der Waals surface area contributed by atoms with E-state index in [1.165, 1.54) is 17.6 Å². The van der Waals surface area contributed by atoms with Crippen molar-refractivity contribution in [2.75, 3.05) is 27.4 Å². The topological polar surface area (TPSA) is 94.2 Å². The van der Waals surface area contributed by atoms with E-state index in [1.807, 2.05) is 57.2 Å². The molecular formula is C32H41ClN2O6. The van der Waals surface area contributed by atoms with Crippen LogP contribution in [0.1, 0.15) is 64.0 Å². The van der Waals surface area contributed by atoms with Crippen LogP contribution in [0.4, 0.5) is 4.79 Å². The standard InChI is InChI=1S/C32H41ClN2O6/c1-31(2,3)27-28(36)35-20-32(40-5,19-26(35)29(37)39-4)23-14-11-22(12-15-23)25-18-24(33)16-13-21(25)10-8-6-7-9-17-41-30(38)34-27/h11-16,18,26-27H,6-10,17,19-20H2,1-5H3,(H,34,38)/t26-,27+,32-/m0/s1. The molecule has 3 atom stereocenters. The maximum absolute atomic E-state index is 14.1. The highest BCUT2D eigenvalue weighted by Gasteiger charge is 2.53. The van der Waals surface area contributed by atoms with Crippen molar-refractivity contribution < 1.29 is 28.6 Å². The summed E-state index contributed by atoms with van der Waals surface area (Å²) >= 11 is 6.40. The van der Waals surface area contributed by atoms with Crippen LogP contribution in [0.5, 0.6) is 0 Å². The lowest BCUT2D eigenvalue weighted by atomic mass is 9.85. The Morgan fingerprint density at radius 2 is 1.76 bits per heavy atom. The zero-order valence-corrected chi connectivity index (χ0v) is 25.4. The molecule has 8 nitrogen and oxygen atoms in total. The summed E-state index contributed by atoms with van der Waals surface area (Å²) in [5.41, 5.74) is 2.56.